The summed E-state index contributed by atoms with van der Waals surface area (Å²) < 4.78 is 0. The lowest BCUT2D eigenvalue weighted by Gasteiger charge is -2.22. The Bertz CT molecular complexity index is 373. The third kappa shape index (κ3) is 3.23. The van der Waals surface area contributed by atoms with Gasteiger partial charge in [0.2, 0.25) is 0 Å². The van der Waals surface area contributed by atoms with Gasteiger partial charge in [0.05, 0.1) is 11.6 Å². The average Bonchev–Trinajstić information content (AvgIpc) is 2.28. The van der Waals surface area contributed by atoms with Gasteiger partial charge in [0.25, 0.3) is 0 Å². The van der Waals surface area contributed by atoms with Crippen molar-refractivity contribution < 1.29 is 0 Å². The molecule has 0 spiro atoms. The van der Waals surface area contributed by atoms with Crippen LogP contribution < -0.4 is 4.90 Å². The van der Waals surface area contributed by atoms with Gasteiger partial charge in [-0.25, -0.2) is 4.98 Å². The molecule has 0 fully saturated rings. The second kappa shape index (κ2) is 6.12. The van der Waals surface area contributed by atoms with E-state index in [1.54, 1.807) is 0 Å². The molecule has 16 heavy (non-hydrogen) atoms. The van der Waals surface area contributed by atoms with Crippen LogP contribution in [-0.4, -0.2) is 18.1 Å². The zero-order valence-corrected chi connectivity index (χ0v) is 10.3. The van der Waals surface area contributed by atoms with E-state index in [4.69, 9.17) is 5.26 Å². The monoisotopic (exact) mass is 217 g/mol. The Morgan fingerprint density at radius 1 is 1.25 bits per heavy atom. The maximum atomic E-state index is 8.93. The van der Waals surface area contributed by atoms with E-state index in [2.05, 4.69) is 29.8 Å². The molecule has 0 saturated carbocycles. The van der Waals surface area contributed by atoms with Crippen molar-refractivity contribution in [2.45, 2.75) is 33.6 Å². The van der Waals surface area contributed by atoms with E-state index in [0.717, 1.165) is 37.4 Å². The summed E-state index contributed by atoms with van der Waals surface area (Å²) in [5, 5.41) is 8.93. The van der Waals surface area contributed by atoms with Crippen molar-refractivity contribution in [2.24, 2.45) is 0 Å². The first kappa shape index (κ1) is 12.5. The van der Waals surface area contributed by atoms with Crippen LogP contribution in [0.2, 0.25) is 0 Å². The number of nitrogens with zero attached hydrogens (tertiary/aromatic N) is 3. The smallest absolute Gasteiger partial charge is 0.130 e. The lowest BCUT2D eigenvalue weighted by atomic mass is 10.2. The summed E-state index contributed by atoms with van der Waals surface area (Å²) in [5.41, 5.74) is 1.60. The van der Waals surface area contributed by atoms with Crippen LogP contribution in [0.25, 0.3) is 0 Å². The maximum absolute atomic E-state index is 8.93. The molecule has 0 saturated heterocycles. The Kier molecular flexibility index (Phi) is 4.78. The Morgan fingerprint density at radius 2 is 1.88 bits per heavy atom. The number of hydrogen-bond donors (Lipinski definition) is 0. The molecule has 1 heterocycles. The number of rotatable bonds is 5. The zero-order valence-electron chi connectivity index (χ0n) is 10.3. The molecular weight excluding hydrogens is 198 g/mol. The Balaban J connectivity index is 2.99. The SMILES string of the molecule is CCCN(CCC)c1cc(C#N)cc(C)n1. The molecule has 0 unspecified atom stereocenters. The molecule has 1 aromatic rings. The van der Waals surface area contributed by atoms with E-state index in [1.165, 1.54) is 0 Å². The molecular formula is C13H19N3. The second-order valence-electron chi connectivity index (χ2n) is 3.95. The zero-order chi connectivity index (χ0) is 12.0. The van der Waals surface area contributed by atoms with Gasteiger partial charge in [0, 0.05) is 18.8 Å². The van der Waals surface area contributed by atoms with Gasteiger partial charge in [-0.3, -0.25) is 0 Å². The van der Waals surface area contributed by atoms with Crippen molar-refractivity contribution >= 4 is 5.82 Å². The summed E-state index contributed by atoms with van der Waals surface area (Å²) in [4.78, 5) is 6.74. The number of anilines is 1. The molecule has 1 aromatic heterocycles. The molecule has 0 amide bonds. The highest BCUT2D eigenvalue weighted by Gasteiger charge is 2.07. The predicted molar refractivity (Wildman–Crippen MR) is 66.5 cm³/mol. The molecule has 0 aliphatic heterocycles. The van der Waals surface area contributed by atoms with Crippen LogP contribution in [0.3, 0.4) is 0 Å². The first-order valence-electron chi connectivity index (χ1n) is 5.85. The second-order valence-corrected chi connectivity index (χ2v) is 3.95. The fraction of sp³-hybridized carbons (Fsp3) is 0.538. The molecule has 0 aromatic carbocycles. The van der Waals surface area contributed by atoms with Crippen molar-refractivity contribution in [2.75, 3.05) is 18.0 Å². The highest BCUT2D eigenvalue weighted by molar-refractivity contribution is 5.46. The summed E-state index contributed by atoms with van der Waals surface area (Å²) in [7, 11) is 0. The molecule has 86 valence electrons. The normalized spacial score (nSPS) is 9.88. The third-order valence-electron chi connectivity index (χ3n) is 2.38. The van der Waals surface area contributed by atoms with Gasteiger partial charge in [0.1, 0.15) is 5.82 Å². The molecule has 0 bridgehead atoms. The number of hydrogen-bond acceptors (Lipinski definition) is 3. The molecule has 3 heteroatoms. The van der Waals surface area contributed by atoms with Crippen LogP contribution in [-0.2, 0) is 0 Å². The Hall–Kier alpha value is -1.56. The first-order chi connectivity index (χ1) is 7.71. The van der Waals surface area contributed by atoms with E-state index >= 15 is 0 Å². The standard InChI is InChI=1S/C13H19N3/c1-4-6-16(7-5-2)13-9-12(10-14)8-11(3)15-13/h8-9H,4-7H2,1-3H3. The maximum Gasteiger partial charge on any atom is 0.130 e. The van der Waals surface area contributed by atoms with Crippen molar-refractivity contribution in [1.29, 1.82) is 5.26 Å². The highest BCUT2D eigenvalue weighted by atomic mass is 15.2. The third-order valence-corrected chi connectivity index (χ3v) is 2.38. The molecule has 0 N–H and O–H groups in total. The van der Waals surface area contributed by atoms with Gasteiger partial charge in [-0.1, -0.05) is 13.8 Å². The van der Waals surface area contributed by atoms with Gasteiger partial charge in [-0.05, 0) is 31.9 Å². The van der Waals surface area contributed by atoms with Crippen LogP contribution in [0, 0.1) is 18.3 Å². The van der Waals surface area contributed by atoms with Crippen molar-refractivity contribution in [3.8, 4) is 6.07 Å². The summed E-state index contributed by atoms with van der Waals surface area (Å²) >= 11 is 0. The average molecular weight is 217 g/mol. The minimum atomic E-state index is 0.694. The predicted octanol–water partition coefficient (Wildman–Crippen LogP) is 2.89. The molecule has 0 aliphatic rings. The number of aryl methyl sites for hydroxylation is 1. The van der Waals surface area contributed by atoms with Crippen LogP contribution in [0.15, 0.2) is 12.1 Å². The van der Waals surface area contributed by atoms with Crippen LogP contribution in [0.1, 0.15) is 37.9 Å². The van der Waals surface area contributed by atoms with E-state index in [1.807, 2.05) is 19.1 Å². The van der Waals surface area contributed by atoms with Crippen LogP contribution >= 0.6 is 0 Å². The summed E-state index contributed by atoms with van der Waals surface area (Å²) in [5.74, 6) is 0.931. The summed E-state index contributed by atoms with van der Waals surface area (Å²) in [6, 6.07) is 5.87. The van der Waals surface area contributed by atoms with E-state index in [-0.39, 0.29) is 0 Å². The van der Waals surface area contributed by atoms with E-state index in [9.17, 15) is 0 Å². The molecule has 1 rings (SSSR count). The number of aromatic nitrogens is 1. The highest BCUT2D eigenvalue weighted by Crippen LogP contribution is 2.15. The first-order valence-corrected chi connectivity index (χ1v) is 5.85. The number of pyridine rings is 1. The molecule has 3 nitrogen and oxygen atoms in total. The van der Waals surface area contributed by atoms with E-state index in [0.29, 0.717) is 5.56 Å². The van der Waals surface area contributed by atoms with Gasteiger partial charge in [-0.15, -0.1) is 0 Å². The van der Waals surface area contributed by atoms with E-state index < -0.39 is 0 Å². The summed E-state index contributed by atoms with van der Waals surface area (Å²) in [6.07, 6.45) is 2.19. The lowest BCUT2D eigenvalue weighted by molar-refractivity contribution is 0.732. The van der Waals surface area contributed by atoms with Crippen LogP contribution in [0.5, 0.6) is 0 Å². The largest absolute Gasteiger partial charge is 0.357 e. The topological polar surface area (TPSA) is 39.9 Å². The fourth-order valence-electron chi connectivity index (χ4n) is 1.76. The lowest BCUT2D eigenvalue weighted by Crippen LogP contribution is -2.26. The van der Waals surface area contributed by atoms with Crippen molar-refractivity contribution in [1.82, 2.24) is 4.98 Å². The quantitative estimate of drug-likeness (QED) is 0.761. The minimum Gasteiger partial charge on any atom is -0.357 e. The molecule has 0 radical (unpaired) electrons. The Labute approximate surface area is 97.7 Å². The Morgan fingerprint density at radius 3 is 2.38 bits per heavy atom. The van der Waals surface area contributed by atoms with Crippen molar-refractivity contribution in [3.05, 3.63) is 23.4 Å². The van der Waals surface area contributed by atoms with Gasteiger partial charge in [0.15, 0.2) is 0 Å². The van der Waals surface area contributed by atoms with Gasteiger partial charge in [-0.2, -0.15) is 5.26 Å². The van der Waals surface area contributed by atoms with Crippen molar-refractivity contribution in [3.63, 3.8) is 0 Å². The summed E-state index contributed by atoms with van der Waals surface area (Å²) in [6.45, 7) is 8.23. The molecule has 0 aliphatic carbocycles. The van der Waals surface area contributed by atoms with Gasteiger partial charge >= 0.3 is 0 Å². The fourth-order valence-corrected chi connectivity index (χ4v) is 1.76. The van der Waals surface area contributed by atoms with Gasteiger partial charge < -0.3 is 4.90 Å². The molecule has 0 atom stereocenters. The number of nitriles is 1. The van der Waals surface area contributed by atoms with Crippen LogP contribution in [0.4, 0.5) is 5.82 Å². The minimum absolute atomic E-state index is 0.694.